The van der Waals surface area contributed by atoms with Crippen LogP contribution in [0.4, 0.5) is 0 Å². The SMILES string of the molecule is CCOC1CCCN(C2CCCC(CO)(NC)C2)C1. The van der Waals surface area contributed by atoms with E-state index in [0.29, 0.717) is 12.1 Å². The van der Waals surface area contributed by atoms with Gasteiger partial charge in [-0.25, -0.2) is 0 Å². The fourth-order valence-corrected chi connectivity index (χ4v) is 3.76. The third-order valence-corrected chi connectivity index (χ3v) is 4.98. The van der Waals surface area contributed by atoms with E-state index in [0.717, 1.165) is 26.0 Å². The van der Waals surface area contributed by atoms with Crippen LogP contribution in [-0.4, -0.2) is 61.0 Å². The highest BCUT2D eigenvalue weighted by molar-refractivity contribution is 4.96. The zero-order valence-electron chi connectivity index (χ0n) is 12.5. The number of hydrogen-bond donors (Lipinski definition) is 2. The normalized spacial score (nSPS) is 37.4. The Labute approximate surface area is 117 Å². The Bertz CT molecular complexity index is 267. The summed E-state index contributed by atoms with van der Waals surface area (Å²) >= 11 is 0. The molecule has 0 aromatic heterocycles. The molecule has 1 aliphatic heterocycles. The highest BCUT2D eigenvalue weighted by Crippen LogP contribution is 2.32. The summed E-state index contributed by atoms with van der Waals surface area (Å²) in [6.45, 7) is 5.42. The maximum absolute atomic E-state index is 9.69. The van der Waals surface area contributed by atoms with Gasteiger partial charge in [-0.05, 0) is 59.0 Å². The third-order valence-electron chi connectivity index (χ3n) is 4.98. The molecule has 1 saturated heterocycles. The molecule has 1 heterocycles. The lowest BCUT2D eigenvalue weighted by molar-refractivity contribution is -0.0233. The van der Waals surface area contributed by atoms with Gasteiger partial charge in [0.25, 0.3) is 0 Å². The van der Waals surface area contributed by atoms with Crippen LogP contribution in [0.3, 0.4) is 0 Å². The second-order valence-electron chi connectivity index (χ2n) is 6.15. The molecule has 0 radical (unpaired) electrons. The Morgan fingerprint density at radius 2 is 2.21 bits per heavy atom. The van der Waals surface area contributed by atoms with Crippen LogP contribution in [0.2, 0.25) is 0 Å². The summed E-state index contributed by atoms with van der Waals surface area (Å²) in [4.78, 5) is 2.60. The van der Waals surface area contributed by atoms with Gasteiger partial charge in [-0.1, -0.05) is 0 Å². The Hall–Kier alpha value is -0.160. The van der Waals surface area contributed by atoms with Crippen LogP contribution in [0, 0.1) is 0 Å². The molecule has 3 atom stereocenters. The van der Waals surface area contributed by atoms with Crippen molar-refractivity contribution in [1.29, 1.82) is 0 Å². The summed E-state index contributed by atoms with van der Waals surface area (Å²) < 4.78 is 5.80. The Kier molecular flexibility index (Phi) is 5.63. The first-order valence-corrected chi connectivity index (χ1v) is 7.88. The molecular formula is C15H30N2O2. The number of piperidine rings is 1. The van der Waals surface area contributed by atoms with E-state index >= 15 is 0 Å². The van der Waals surface area contributed by atoms with Gasteiger partial charge in [0.15, 0.2) is 0 Å². The zero-order valence-corrected chi connectivity index (χ0v) is 12.5. The second kappa shape index (κ2) is 7.02. The third kappa shape index (κ3) is 3.69. The lowest BCUT2D eigenvalue weighted by Crippen LogP contribution is -2.56. The molecule has 0 bridgehead atoms. The van der Waals surface area contributed by atoms with Crippen LogP contribution in [0.5, 0.6) is 0 Å². The van der Waals surface area contributed by atoms with Crippen LogP contribution in [0.1, 0.15) is 45.4 Å². The van der Waals surface area contributed by atoms with Crippen molar-refractivity contribution in [2.45, 2.75) is 63.1 Å². The van der Waals surface area contributed by atoms with Crippen molar-refractivity contribution in [1.82, 2.24) is 10.2 Å². The van der Waals surface area contributed by atoms with Crippen LogP contribution in [0.15, 0.2) is 0 Å². The number of hydrogen-bond acceptors (Lipinski definition) is 4. The lowest BCUT2D eigenvalue weighted by Gasteiger charge is -2.46. The van der Waals surface area contributed by atoms with E-state index in [1.54, 1.807) is 0 Å². The summed E-state index contributed by atoms with van der Waals surface area (Å²) in [5.41, 5.74) is -0.0541. The highest BCUT2D eigenvalue weighted by atomic mass is 16.5. The van der Waals surface area contributed by atoms with Crippen LogP contribution in [-0.2, 0) is 4.74 Å². The standard InChI is InChI=1S/C15H30N2O2/c1-3-19-14-7-5-9-17(11-14)13-6-4-8-15(10-13,12-18)16-2/h13-14,16,18H,3-12H2,1-2H3. The number of nitrogens with one attached hydrogen (secondary N) is 1. The van der Waals surface area contributed by atoms with Gasteiger partial charge in [-0.15, -0.1) is 0 Å². The Balaban J connectivity index is 1.93. The molecule has 0 amide bonds. The molecule has 1 saturated carbocycles. The summed E-state index contributed by atoms with van der Waals surface area (Å²) in [6.07, 6.45) is 7.50. The minimum atomic E-state index is -0.0541. The largest absolute Gasteiger partial charge is 0.394 e. The van der Waals surface area contributed by atoms with Gasteiger partial charge in [0.2, 0.25) is 0 Å². The van der Waals surface area contributed by atoms with Gasteiger partial charge < -0.3 is 15.2 Å². The minimum absolute atomic E-state index is 0.0541. The number of ether oxygens (including phenoxy) is 1. The van der Waals surface area contributed by atoms with E-state index in [1.165, 1.54) is 32.2 Å². The molecule has 2 fully saturated rings. The lowest BCUT2D eigenvalue weighted by atomic mass is 9.78. The number of rotatable bonds is 5. The topological polar surface area (TPSA) is 44.7 Å². The predicted octanol–water partition coefficient (Wildman–Crippen LogP) is 1.38. The second-order valence-corrected chi connectivity index (χ2v) is 6.15. The fourth-order valence-electron chi connectivity index (χ4n) is 3.76. The van der Waals surface area contributed by atoms with Crippen molar-refractivity contribution in [3.63, 3.8) is 0 Å². The van der Waals surface area contributed by atoms with Crippen molar-refractivity contribution >= 4 is 0 Å². The Morgan fingerprint density at radius 1 is 1.37 bits per heavy atom. The summed E-state index contributed by atoms with van der Waals surface area (Å²) in [5, 5.41) is 13.1. The van der Waals surface area contributed by atoms with Gasteiger partial charge in [0.1, 0.15) is 0 Å². The Morgan fingerprint density at radius 3 is 2.89 bits per heavy atom. The molecule has 2 aliphatic rings. The van der Waals surface area contributed by atoms with Gasteiger partial charge >= 0.3 is 0 Å². The minimum Gasteiger partial charge on any atom is -0.394 e. The molecule has 112 valence electrons. The smallest absolute Gasteiger partial charge is 0.0702 e. The first-order valence-electron chi connectivity index (χ1n) is 7.88. The van der Waals surface area contributed by atoms with E-state index < -0.39 is 0 Å². The number of aliphatic hydroxyl groups is 1. The van der Waals surface area contributed by atoms with E-state index in [4.69, 9.17) is 4.74 Å². The maximum atomic E-state index is 9.69. The van der Waals surface area contributed by atoms with Crippen molar-refractivity contribution in [3.05, 3.63) is 0 Å². The maximum Gasteiger partial charge on any atom is 0.0702 e. The van der Waals surface area contributed by atoms with E-state index in [2.05, 4.69) is 17.1 Å². The van der Waals surface area contributed by atoms with Crippen LogP contribution >= 0.6 is 0 Å². The zero-order chi connectivity index (χ0) is 13.7. The molecule has 3 unspecified atom stereocenters. The van der Waals surface area contributed by atoms with Crippen LogP contribution < -0.4 is 5.32 Å². The van der Waals surface area contributed by atoms with E-state index in [9.17, 15) is 5.11 Å². The van der Waals surface area contributed by atoms with Gasteiger partial charge in [0, 0.05) is 24.7 Å². The van der Waals surface area contributed by atoms with Crippen LogP contribution in [0.25, 0.3) is 0 Å². The molecule has 2 N–H and O–H groups in total. The average molecular weight is 270 g/mol. The van der Waals surface area contributed by atoms with Gasteiger partial charge in [-0.3, -0.25) is 4.90 Å². The fraction of sp³-hybridized carbons (Fsp3) is 1.00. The van der Waals surface area contributed by atoms with Crippen molar-refractivity contribution < 1.29 is 9.84 Å². The summed E-state index contributed by atoms with van der Waals surface area (Å²) in [6, 6.07) is 0.608. The first kappa shape index (κ1) is 15.2. The number of nitrogens with zero attached hydrogens (tertiary/aromatic N) is 1. The van der Waals surface area contributed by atoms with Gasteiger partial charge in [-0.2, -0.15) is 0 Å². The molecule has 0 aromatic carbocycles. The quantitative estimate of drug-likeness (QED) is 0.792. The molecule has 0 spiro atoms. The molecule has 4 heteroatoms. The van der Waals surface area contributed by atoms with Gasteiger partial charge in [0.05, 0.1) is 12.7 Å². The first-order chi connectivity index (χ1) is 9.23. The number of likely N-dealkylation sites (N-methyl/N-ethyl adjacent to an activating group) is 1. The average Bonchev–Trinajstić information content (AvgIpc) is 2.48. The molecule has 4 nitrogen and oxygen atoms in total. The van der Waals surface area contributed by atoms with Crippen molar-refractivity contribution in [3.8, 4) is 0 Å². The molecule has 1 aliphatic carbocycles. The summed E-state index contributed by atoms with van der Waals surface area (Å²) in [5.74, 6) is 0. The number of aliphatic hydroxyl groups excluding tert-OH is 1. The van der Waals surface area contributed by atoms with Crippen molar-refractivity contribution in [2.24, 2.45) is 0 Å². The molecular weight excluding hydrogens is 240 g/mol. The van der Waals surface area contributed by atoms with E-state index in [-0.39, 0.29) is 12.1 Å². The predicted molar refractivity (Wildman–Crippen MR) is 77.4 cm³/mol. The number of likely N-dealkylation sites (tertiary alicyclic amines) is 1. The highest BCUT2D eigenvalue weighted by Gasteiger charge is 2.38. The summed E-state index contributed by atoms with van der Waals surface area (Å²) in [7, 11) is 1.98. The van der Waals surface area contributed by atoms with E-state index in [1.807, 2.05) is 7.05 Å². The molecule has 19 heavy (non-hydrogen) atoms. The van der Waals surface area contributed by atoms with Crippen molar-refractivity contribution in [2.75, 3.05) is 33.4 Å². The molecule has 0 aromatic rings. The molecule has 2 rings (SSSR count). The monoisotopic (exact) mass is 270 g/mol.